The van der Waals surface area contributed by atoms with E-state index >= 15 is 0 Å². The molecule has 0 aliphatic rings. The minimum absolute atomic E-state index is 0.0496. The second-order valence-electron chi connectivity index (χ2n) is 2.69. The van der Waals surface area contributed by atoms with E-state index in [0.717, 1.165) is 5.56 Å². The van der Waals surface area contributed by atoms with Crippen LogP contribution in [0, 0.1) is 11.3 Å². The summed E-state index contributed by atoms with van der Waals surface area (Å²) in [5.74, 6) is 0.644. The van der Waals surface area contributed by atoms with Gasteiger partial charge < -0.3 is 9.84 Å². The van der Waals surface area contributed by atoms with Crippen molar-refractivity contribution in [3.63, 3.8) is 0 Å². The topological polar surface area (TPSA) is 53.2 Å². The normalized spacial score (nSPS) is 11.8. The fourth-order valence-electron chi connectivity index (χ4n) is 0.958. The molecule has 1 aromatic carbocycles. The Kier molecular flexibility index (Phi) is 3.30. The molecule has 0 heterocycles. The summed E-state index contributed by atoms with van der Waals surface area (Å²) in [6, 6.07) is 8.90. The highest BCUT2D eigenvalue weighted by atomic mass is 16.5. The molecule has 0 aliphatic carbocycles. The molecule has 68 valence electrons. The number of aliphatic hydroxyl groups excluding tert-OH is 1. The van der Waals surface area contributed by atoms with Gasteiger partial charge in [-0.1, -0.05) is 12.1 Å². The molecule has 0 aromatic heterocycles. The van der Waals surface area contributed by atoms with Gasteiger partial charge in [-0.2, -0.15) is 5.26 Å². The average molecular weight is 177 g/mol. The van der Waals surface area contributed by atoms with E-state index in [2.05, 4.69) is 0 Å². The Hall–Kier alpha value is -1.53. The summed E-state index contributed by atoms with van der Waals surface area (Å²) in [5, 5.41) is 17.5. The maximum atomic E-state index is 9.20. The summed E-state index contributed by atoms with van der Waals surface area (Å²) in [5.41, 5.74) is 0.837. The zero-order chi connectivity index (χ0) is 9.68. The zero-order valence-corrected chi connectivity index (χ0v) is 7.40. The highest BCUT2D eigenvalue weighted by molar-refractivity contribution is 5.28. The monoisotopic (exact) mass is 177 g/mol. The van der Waals surface area contributed by atoms with Crippen molar-refractivity contribution < 1.29 is 9.84 Å². The number of ether oxygens (including phenoxy) is 1. The van der Waals surface area contributed by atoms with Gasteiger partial charge in [0.05, 0.1) is 6.10 Å². The molecule has 1 atom stereocenters. The predicted molar refractivity (Wildman–Crippen MR) is 48.2 cm³/mol. The zero-order valence-electron chi connectivity index (χ0n) is 7.40. The third-order valence-electron chi connectivity index (χ3n) is 1.67. The van der Waals surface area contributed by atoms with Gasteiger partial charge >= 0.3 is 0 Å². The lowest BCUT2D eigenvalue weighted by atomic mass is 10.1. The molecule has 1 N–H and O–H groups in total. The van der Waals surface area contributed by atoms with Crippen molar-refractivity contribution >= 4 is 0 Å². The van der Waals surface area contributed by atoms with Gasteiger partial charge in [-0.15, -0.1) is 0 Å². The second kappa shape index (κ2) is 4.48. The summed E-state index contributed by atoms with van der Waals surface area (Å²) in [6.07, 6.45) is -0.468. The minimum atomic E-state index is -0.468. The quantitative estimate of drug-likeness (QED) is 0.763. The predicted octanol–water partition coefficient (Wildman–Crippen LogP) is 1.64. The van der Waals surface area contributed by atoms with Gasteiger partial charge in [-0.25, -0.2) is 0 Å². The number of hydrogen-bond acceptors (Lipinski definition) is 3. The summed E-state index contributed by atoms with van der Waals surface area (Å²) in [4.78, 5) is 0. The SMILES string of the molecule is C[C@@H](O)c1ccc(OCC#N)cc1. The maximum absolute atomic E-state index is 9.20. The highest BCUT2D eigenvalue weighted by Gasteiger charge is 1.99. The summed E-state index contributed by atoms with van der Waals surface area (Å²) in [6.45, 7) is 1.75. The third kappa shape index (κ3) is 2.77. The van der Waals surface area contributed by atoms with Crippen molar-refractivity contribution in [1.82, 2.24) is 0 Å². The number of aliphatic hydroxyl groups is 1. The molecule has 0 saturated heterocycles. The lowest BCUT2D eigenvalue weighted by molar-refractivity contribution is 0.199. The number of benzene rings is 1. The molecule has 13 heavy (non-hydrogen) atoms. The lowest BCUT2D eigenvalue weighted by Gasteiger charge is -2.05. The molecule has 3 nitrogen and oxygen atoms in total. The Balaban J connectivity index is 2.65. The van der Waals surface area contributed by atoms with Crippen molar-refractivity contribution in [2.75, 3.05) is 6.61 Å². The van der Waals surface area contributed by atoms with Crippen LogP contribution in [-0.4, -0.2) is 11.7 Å². The molecule has 0 fully saturated rings. The van der Waals surface area contributed by atoms with E-state index in [9.17, 15) is 5.11 Å². The number of rotatable bonds is 3. The van der Waals surface area contributed by atoms with Gasteiger partial charge in [0.1, 0.15) is 11.8 Å². The standard InChI is InChI=1S/C10H11NO2/c1-8(12)9-2-4-10(5-3-9)13-7-6-11/h2-5,8,12H,7H2,1H3/t8-/m1/s1. The Morgan fingerprint density at radius 3 is 2.54 bits per heavy atom. The van der Waals surface area contributed by atoms with Gasteiger partial charge in [0, 0.05) is 0 Å². The summed E-state index contributed by atoms with van der Waals surface area (Å²) >= 11 is 0. The van der Waals surface area contributed by atoms with Crippen LogP contribution in [0.1, 0.15) is 18.6 Å². The molecule has 0 aliphatic heterocycles. The van der Waals surface area contributed by atoms with E-state index in [0.29, 0.717) is 5.75 Å². The van der Waals surface area contributed by atoms with Crippen LogP contribution in [0.4, 0.5) is 0 Å². The van der Waals surface area contributed by atoms with Crippen molar-refractivity contribution in [2.24, 2.45) is 0 Å². The molecule has 0 unspecified atom stereocenters. The number of nitrogens with zero attached hydrogens (tertiary/aromatic N) is 1. The smallest absolute Gasteiger partial charge is 0.174 e. The summed E-state index contributed by atoms with van der Waals surface area (Å²) < 4.78 is 5.05. The first kappa shape index (κ1) is 9.56. The minimum Gasteiger partial charge on any atom is -0.479 e. The largest absolute Gasteiger partial charge is 0.479 e. The van der Waals surface area contributed by atoms with Gasteiger partial charge in [0.2, 0.25) is 0 Å². The molecule has 0 saturated carbocycles. The van der Waals surface area contributed by atoms with E-state index < -0.39 is 6.10 Å². The van der Waals surface area contributed by atoms with Gasteiger partial charge in [-0.05, 0) is 24.6 Å². The first-order valence-corrected chi connectivity index (χ1v) is 4.02. The molecule has 1 aromatic rings. The molecule has 0 spiro atoms. The highest BCUT2D eigenvalue weighted by Crippen LogP contribution is 2.16. The number of nitriles is 1. The van der Waals surface area contributed by atoms with Crippen LogP contribution in [0.3, 0.4) is 0 Å². The van der Waals surface area contributed by atoms with Crippen LogP contribution in [0.25, 0.3) is 0 Å². The van der Waals surface area contributed by atoms with E-state index in [4.69, 9.17) is 10.00 Å². The van der Waals surface area contributed by atoms with E-state index in [1.807, 2.05) is 6.07 Å². The van der Waals surface area contributed by atoms with Gasteiger partial charge in [-0.3, -0.25) is 0 Å². The van der Waals surface area contributed by atoms with Crippen molar-refractivity contribution in [1.29, 1.82) is 5.26 Å². The first-order chi connectivity index (χ1) is 6.24. The molecule has 0 amide bonds. The molecule has 0 radical (unpaired) electrons. The van der Waals surface area contributed by atoms with E-state index in [1.54, 1.807) is 31.2 Å². The lowest BCUT2D eigenvalue weighted by Crippen LogP contribution is -1.94. The van der Waals surface area contributed by atoms with Gasteiger partial charge in [0.25, 0.3) is 0 Å². The Bertz CT molecular complexity index is 298. The van der Waals surface area contributed by atoms with Crippen LogP contribution >= 0.6 is 0 Å². The Morgan fingerprint density at radius 1 is 1.46 bits per heavy atom. The van der Waals surface area contributed by atoms with E-state index in [-0.39, 0.29) is 6.61 Å². The fraction of sp³-hybridized carbons (Fsp3) is 0.300. The van der Waals surface area contributed by atoms with Crippen LogP contribution in [0.2, 0.25) is 0 Å². The number of hydrogen-bond donors (Lipinski definition) is 1. The molecular weight excluding hydrogens is 166 g/mol. The van der Waals surface area contributed by atoms with Crippen molar-refractivity contribution in [2.45, 2.75) is 13.0 Å². The molecule has 0 bridgehead atoms. The molecule has 3 heteroatoms. The van der Waals surface area contributed by atoms with Crippen molar-refractivity contribution in [3.8, 4) is 11.8 Å². The van der Waals surface area contributed by atoms with Crippen LogP contribution in [0.15, 0.2) is 24.3 Å². The maximum Gasteiger partial charge on any atom is 0.174 e. The third-order valence-corrected chi connectivity index (χ3v) is 1.67. The Morgan fingerprint density at radius 2 is 2.08 bits per heavy atom. The fourth-order valence-corrected chi connectivity index (χ4v) is 0.958. The van der Waals surface area contributed by atoms with Crippen LogP contribution in [0.5, 0.6) is 5.75 Å². The second-order valence-corrected chi connectivity index (χ2v) is 2.69. The Labute approximate surface area is 77.2 Å². The van der Waals surface area contributed by atoms with Crippen molar-refractivity contribution in [3.05, 3.63) is 29.8 Å². The van der Waals surface area contributed by atoms with Crippen LogP contribution in [-0.2, 0) is 0 Å². The van der Waals surface area contributed by atoms with Crippen LogP contribution < -0.4 is 4.74 Å². The van der Waals surface area contributed by atoms with E-state index in [1.165, 1.54) is 0 Å². The average Bonchev–Trinajstić information content (AvgIpc) is 2.15. The summed E-state index contributed by atoms with van der Waals surface area (Å²) in [7, 11) is 0. The molecular formula is C10H11NO2. The van der Waals surface area contributed by atoms with Gasteiger partial charge in [0.15, 0.2) is 6.61 Å². The molecule has 1 rings (SSSR count). The first-order valence-electron chi connectivity index (χ1n) is 4.02.